The van der Waals surface area contributed by atoms with E-state index in [0.29, 0.717) is 17.9 Å². The largest absolute Gasteiger partial charge is 0.454 e. The fraction of sp³-hybridized carbons (Fsp3) is 0.462. The molecule has 8 heteroatoms. The van der Waals surface area contributed by atoms with Crippen LogP contribution in [0, 0.1) is 16.0 Å². The minimum absolute atomic E-state index is 0.00511. The zero-order valence-electron chi connectivity index (χ0n) is 11.6. The van der Waals surface area contributed by atoms with Crippen molar-refractivity contribution in [2.24, 2.45) is 11.7 Å². The van der Waals surface area contributed by atoms with Gasteiger partial charge >= 0.3 is 0 Å². The average molecular weight is 295 g/mol. The van der Waals surface area contributed by atoms with Gasteiger partial charge in [0.15, 0.2) is 11.5 Å². The number of nitrogens with one attached hydrogen (secondary N) is 1. The number of nitrogens with zero attached hydrogens (tertiary/aromatic N) is 1. The summed E-state index contributed by atoms with van der Waals surface area (Å²) in [6, 6.07) is 2.65. The third-order valence-electron chi connectivity index (χ3n) is 3.24. The Morgan fingerprint density at radius 3 is 2.71 bits per heavy atom. The SMILES string of the molecule is CCCC(CN)C(=O)Nc1cc2c(cc1[N+](=O)[O-])OCO2. The molecule has 1 aromatic rings. The minimum Gasteiger partial charge on any atom is -0.454 e. The first-order valence-corrected chi connectivity index (χ1v) is 6.65. The van der Waals surface area contributed by atoms with Crippen LogP contribution in [0.5, 0.6) is 11.5 Å². The van der Waals surface area contributed by atoms with E-state index in [1.54, 1.807) is 0 Å². The van der Waals surface area contributed by atoms with Crippen LogP contribution in [0.3, 0.4) is 0 Å². The maximum absolute atomic E-state index is 12.1. The van der Waals surface area contributed by atoms with Crippen molar-refractivity contribution < 1.29 is 19.2 Å². The quantitative estimate of drug-likeness (QED) is 0.608. The van der Waals surface area contributed by atoms with Gasteiger partial charge in [-0.2, -0.15) is 0 Å². The molecule has 0 saturated heterocycles. The highest BCUT2D eigenvalue weighted by Gasteiger charge is 2.26. The molecule has 0 aliphatic carbocycles. The zero-order valence-corrected chi connectivity index (χ0v) is 11.6. The number of hydrogen-bond acceptors (Lipinski definition) is 6. The van der Waals surface area contributed by atoms with Crippen LogP contribution in [0.4, 0.5) is 11.4 Å². The predicted octanol–water partition coefficient (Wildman–Crippen LogP) is 1.64. The predicted molar refractivity (Wildman–Crippen MR) is 75.3 cm³/mol. The Morgan fingerprint density at radius 1 is 1.48 bits per heavy atom. The van der Waals surface area contributed by atoms with Crippen molar-refractivity contribution in [1.82, 2.24) is 0 Å². The van der Waals surface area contributed by atoms with Crippen LogP contribution in [-0.2, 0) is 4.79 Å². The summed E-state index contributed by atoms with van der Waals surface area (Å²) in [5.74, 6) is -0.0411. The Balaban J connectivity index is 2.26. The maximum atomic E-state index is 12.1. The number of benzene rings is 1. The van der Waals surface area contributed by atoms with Crippen molar-refractivity contribution >= 4 is 17.3 Å². The van der Waals surface area contributed by atoms with Gasteiger partial charge in [0.25, 0.3) is 5.69 Å². The lowest BCUT2D eigenvalue weighted by atomic mass is 10.0. The molecule has 114 valence electrons. The fourth-order valence-electron chi connectivity index (χ4n) is 2.12. The molecule has 0 spiro atoms. The number of fused-ring (bicyclic) bond motifs is 1. The number of anilines is 1. The van der Waals surface area contributed by atoms with Gasteiger partial charge in [-0.3, -0.25) is 14.9 Å². The molecule has 1 aromatic carbocycles. The molecule has 1 heterocycles. The number of nitro groups is 1. The van der Waals surface area contributed by atoms with Crippen molar-refractivity contribution in [3.05, 3.63) is 22.2 Å². The third kappa shape index (κ3) is 3.22. The summed E-state index contributed by atoms with van der Waals surface area (Å²) >= 11 is 0. The summed E-state index contributed by atoms with van der Waals surface area (Å²) in [6.07, 6.45) is 1.43. The maximum Gasteiger partial charge on any atom is 0.296 e. The molecule has 1 atom stereocenters. The second-order valence-electron chi connectivity index (χ2n) is 4.69. The molecule has 0 radical (unpaired) electrons. The number of nitro benzene ring substituents is 1. The minimum atomic E-state index is -0.575. The Bertz CT molecular complexity index is 561. The van der Waals surface area contributed by atoms with Crippen molar-refractivity contribution in [2.75, 3.05) is 18.7 Å². The highest BCUT2D eigenvalue weighted by atomic mass is 16.7. The number of amides is 1. The summed E-state index contributed by atoms with van der Waals surface area (Å²) in [5.41, 5.74) is 5.41. The second-order valence-corrected chi connectivity index (χ2v) is 4.69. The molecular formula is C13H17N3O5. The summed E-state index contributed by atoms with van der Waals surface area (Å²) in [6.45, 7) is 2.14. The molecule has 1 aliphatic rings. The Kier molecular flexibility index (Phi) is 4.59. The molecule has 2 rings (SSSR count). The zero-order chi connectivity index (χ0) is 15.4. The molecule has 1 amide bonds. The van der Waals surface area contributed by atoms with E-state index >= 15 is 0 Å². The molecule has 8 nitrogen and oxygen atoms in total. The third-order valence-corrected chi connectivity index (χ3v) is 3.24. The van der Waals surface area contributed by atoms with Gasteiger partial charge in [-0.15, -0.1) is 0 Å². The van der Waals surface area contributed by atoms with E-state index in [9.17, 15) is 14.9 Å². The molecule has 21 heavy (non-hydrogen) atoms. The molecule has 0 fully saturated rings. The van der Waals surface area contributed by atoms with E-state index in [4.69, 9.17) is 15.2 Å². The van der Waals surface area contributed by atoms with Crippen LogP contribution in [0.25, 0.3) is 0 Å². The molecule has 3 N–H and O–H groups in total. The van der Waals surface area contributed by atoms with Crippen LogP contribution in [-0.4, -0.2) is 24.2 Å². The number of ether oxygens (including phenoxy) is 2. The number of carbonyl (C=O) groups is 1. The lowest BCUT2D eigenvalue weighted by Crippen LogP contribution is -2.29. The van der Waals surface area contributed by atoms with E-state index in [-0.39, 0.29) is 36.5 Å². The van der Waals surface area contributed by atoms with E-state index in [0.717, 1.165) is 6.42 Å². The number of nitrogens with two attached hydrogens (primary N) is 1. The fourth-order valence-corrected chi connectivity index (χ4v) is 2.12. The molecule has 1 unspecified atom stereocenters. The van der Waals surface area contributed by atoms with Crippen LogP contribution in [0.2, 0.25) is 0 Å². The van der Waals surface area contributed by atoms with E-state index in [1.807, 2.05) is 6.92 Å². The highest BCUT2D eigenvalue weighted by Crippen LogP contribution is 2.40. The average Bonchev–Trinajstić information content (AvgIpc) is 2.90. The summed E-state index contributed by atoms with van der Waals surface area (Å²) in [7, 11) is 0. The van der Waals surface area contributed by atoms with Gasteiger partial charge in [0.2, 0.25) is 12.7 Å². The first-order valence-electron chi connectivity index (χ1n) is 6.65. The first-order chi connectivity index (χ1) is 10.1. The number of hydrogen-bond donors (Lipinski definition) is 2. The first kappa shape index (κ1) is 15.0. The van der Waals surface area contributed by atoms with E-state index in [2.05, 4.69) is 5.32 Å². The lowest BCUT2D eigenvalue weighted by molar-refractivity contribution is -0.384. The van der Waals surface area contributed by atoms with E-state index < -0.39 is 4.92 Å². The Hall–Kier alpha value is -2.35. The van der Waals surface area contributed by atoms with Gasteiger partial charge in [-0.05, 0) is 6.42 Å². The molecule has 0 aromatic heterocycles. The summed E-state index contributed by atoms with van der Waals surface area (Å²) < 4.78 is 10.3. The highest BCUT2D eigenvalue weighted by molar-refractivity contribution is 5.95. The lowest BCUT2D eigenvalue weighted by Gasteiger charge is -2.14. The monoisotopic (exact) mass is 295 g/mol. The summed E-state index contributed by atoms with van der Waals surface area (Å²) in [4.78, 5) is 22.6. The molecular weight excluding hydrogens is 278 g/mol. The van der Waals surface area contributed by atoms with Crippen molar-refractivity contribution in [3.63, 3.8) is 0 Å². The smallest absolute Gasteiger partial charge is 0.296 e. The second kappa shape index (κ2) is 6.40. The standard InChI is InChI=1S/C13H17N3O5/c1-2-3-8(6-14)13(17)15-9-4-11-12(21-7-20-11)5-10(9)16(18)19/h4-5,8H,2-3,6-7,14H2,1H3,(H,15,17). The van der Waals surface area contributed by atoms with Gasteiger partial charge in [0.05, 0.1) is 16.9 Å². The molecule has 0 saturated carbocycles. The van der Waals surface area contributed by atoms with Gasteiger partial charge in [-0.25, -0.2) is 0 Å². The van der Waals surface area contributed by atoms with Crippen molar-refractivity contribution in [2.45, 2.75) is 19.8 Å². The van der Waals surface area contributed by atoms with Crippen LogP contribution < -0.4 is 20.5 Å². The van der Waals surface area contributed by atoms with Crippen LogP contribution >= 0.6 is 0 Å². The van der Waals surface area contributed by atoms with Crippen molar-refractivity contribution in [1.29, 1.82) is 0 Å². The van der Waals surface area contributed by atoms with Gasteiger partial charge in [0.1, 0.15) is 5.69 Å². The Labute approximate surface area is 121 Å². The summed E-state index contributed by atoms with van der Waals surface area (Å²) in [5, 5.41) is 13.7. The number of rotatable bonds is 6. The van der Waals surface area contributed by atoms with Gasteiger partial charge in [0, 0.05) is 12.6 Å². The topological polar surface area (TPSA) is 117 Å². The van der Waals surface area contributed by atoms with Crippen molar-refractivity contribution in [3.8, 4) is 11.5 Å². The number of carbonyl (C=O) groups excluding carboxylic acids is 1. The van der Waals surface area contributed by atoms with Gasteiger partial charge in [-0.1, -0.05) is 13.3 Å². The van der Waals surface area contributed by atoms with Crippen LogP contribution in [0.15, 0.2) is 12.1 Å². The van der Waals surface area contributed by atoms with E-state index in [1.165, 1.54) is 12.1 Å². The van der Waals surface area contributed by atoms with Crippen LogP contribution in [0.1, 0.15) is 19.8 Å². The van der Waals surface area contributed by atoms with Gasteiger partial charge < -0.3 is 20.5 Å². The molecule has 0 bridgehead atoms. The normalized spacial score (nSPS) is 13.8. The molecule has 1 aliphatic heterocycles. The Morgan fingerprint density at radius 2 is 2.14 bits per heavy atom.